The standard InChI is InChI=1S/C22H25N3O2/c1-16-10-12-19(13-11-16)23-22(3,18-8-6-5-7-9-18)21(26)25(4)15-20-14-17(2)27-24-20/h5-14,23H,15H2,1-4H3. The van der Waals surface area contributed by atoms with Crippen molar-refractivity contribution >= 4 is 11.6 Å². The summed E-state index contributed by atoms with van der Waals surface area (Å²) >= 11 is 0. The maximum atomic E-state index is 13.5. The first kappa shape index (κ1) is 18.7. The van der Waals surface area contributed by atoms with E-state index in [2.05, 4.69) is 10.5 Å². The molecule has 0 fully saturated rings. The number of benzene rings is 2. The Kier molecular flexibility index (Phi) is 5.31. The first-order chi connectivity index (χ1) is 12.9. The van der Waals surface area contributed by atoms with E-state index in [0.717, 1.165) is 22.7 Å². The molecule has 2 aromatic carbocycles. The molecular weight excluding hydrogens is 338 g/mol. The van der Waals surface area contributed by atoms with Crippen molar-refractivity contribution in [2.24, 2.45) is 0 Å². The molecule has 0 spiro atoms. The second-order valence-electron chi connectivity index (χ2n) is 7.07. The van der Waals surface area contributed by atoms with E-state index in [1.54, 1.807) is 11.9 Å². The summed E-state index contributed by atoms with van der Waals surface area (Å²) in [6.45, 7) is 6.17. The van der Waals surface area contributed by atoms with Crippen LogP contribution in [0.2, 0.25) is 0 Å². The second-order valence-corrected chi connectivity index (χ2v) is 7.07. The van der Waals surface area contributed by atoms with Crippen LogP contribution in [0.25, 0.3) is 0 Å². The van der Waals surface area contributed by atoms with Crippen molar-refractivity contribution in [3.63, 3.8) is 0 Å². The molecular formula is C22H25N3O2. The molecule has 5 nitrogen and oxygen atoms in total. The quantitative estimate of drug-likeness (QED) is 0.710. The number of nitrogens with zero attached hydrogens (tertiary/aromatic N) is 2. The van der Waals surface area contributed by atoms with Gasteiger partial charge < -0.3 is 14.7 Å². The number of carbonyl (C=O) groups is 1. The van der Waals surface area contributed by atoms with Gasteiger partial charge in [-0.15, -0.1) is 0 Å². The van der Waals surface area contributed by atoms with Gasteiger partial charge in [-0.2, -0.15) is 0 Å². The number of anilines is 1. The van der Waals surface area contributed by atoms with Crippen molar-refractivity contribution in [1.82, 2.24) is 10.1 Å². The van der Waals surface area contributed by atoms with Crippen LogP contribution in [0.1, 0.15) is 29.5 Å². The molecule has 0 saturated heterocycles. The van der Waals surface area contributed by atoms with Gasteiger partial charge >= 0.3 is 0 Å². The Bertz CT molecular complexity index is 903. The van der Waals surface area contributed by atoms with Gasteiger partial charge in [0.2, 0.25) is 0 Å². The number of aryl methyl sites for hydroxylation is 2. The summed E-state index contributed by atoms with van der Waals surface area (Å²) in [5, 5.41) is 7.43. The maximum absolute atomic E-state index is 13.5. The number of nitrogens with one attached hydrogen (secondary N) is 1. The molecule has 0 aliphatic heterocycles. The van der Waals surface area contributed by atoms with Crippen LogP contribution in [0.5, 0.6) is 0 Å². The van der Waals surface area contributed by atoms with Gasteiger partial charge in [0, 0.05) is 18.8 Å². The third kappa shape index (κ3) is 4.19. The highest BCUT2D eigenvalue weighted by Crippen LogP contribution is 2.29. The molecule has 0 aliphatic rings. The zero-order valence-electron chi connectivity index (χ0n) is 16.2. The second kappa shape index (κ2) is 7.66. The van der Waals surface area contributed by atoms with Gasteiger partial charge in [0.1, 0.15) is 17.0 Å². The fourth-order valence-electron chi connectivity index (χ4n) is 3.14. The molecule has 1 atom stereocenters. The first-order valence-electron chi connectivity index (χ1n) is 8.96. The highest BCUT2D eigenvalue weighted by Gasteiger charge is 2.37. The highest BCUT2D eigenvalue weighted by atomic mass is 16.5. The average Bonchev–Trinajstić information content (AvgIpc) is 3.08. The minimum absolute atomic E-state index is 0.0464. The minimum atomic E-state index is -0.913. The molecule has 1 N–H and O–H groups in total. The topological polar surface area (TPSA) is 58.4 Å². The molecule has 1 heterocycles. The predicted molar refractivity (Wildman–Crippen MR) is 106 cm³/mol. The third-order valence-corrected chi connectivity index (χ3v) is 4.65. The lowest BCUT2D eigenvalue weighted by Gasteiger charge is -2.34. The summed E-state index contributed by atoms with van der Waals surface area (Å²) in [4.78, 5) is 15.1. The Morgan fingerprint density at radius 3 is 2.37 bits per heavy atom. The van der Waals surface area contributed by atoms with Gasteiger partial charge in [-0.3, -0.25) is 4.79 Å². The van der Waals surface area contributed by atoms with E-state index in [4.69, 9.17) is 4.52 Å². The maximum Gasteiger partial charge on any atom is 0.252 e. The number of hydrogen-bond acceptors (Lipinski definition) is 4. The Morgan fingerprint density at radius 1 is 1.11 bits per heavy atom. The lowest BCUT2D eigenvalue weighted by molar-refractivity contribution is -0.135. The number of likely N-dealkylation sites (N-methyl/N-ethyl adjacent to an activating group) is 1. The summed E-state index contributed by atoms with van der Waals surface area (Å²) < 4.78 is 5.12. The van der Waals surface area contributed by atoms with Crippen molar-refractivity contribution in [3.8, 4) is 0 Å². The molecule has 0 radical (unpaired) electrons. The van der Waals surface area contributed by atoms with E-state index in [1.165, 1.54) is 5.56 Å². The Labute approximate surface area is 160 Å². The molecule has 3 aromatic rings. The van der Waals surface area contributed by atoms with E-state index < -0.39 is 5.54 Å². The van der Waals surface area contributed by atoms with Crippen molar-refractivity contribution in [1.29, 1.82) is 0 Å². The largest absolute Gasteiger partial charge is 0.368 e. The Morgan fingerprint density at radius 2 is 1.78 bits per heavy atom. The first-order valence-corrected chi connectivity index (χ1v) is 8.96. The van der Waals surface area contributed by atoms with Crippen LogP contribution in [0.3, 0.4) is 0 Å². The summed E-state index contributed by atoms with van der Waals surface area (Å²) in [5.41, 5.74) is 2.79. The van der Waals surface area contributed by atoms with Crippen LogP contribution < -0.4 is 5.32 Å². The summed E-state index contributed by atoms with van der Waals surface area (Å²) in [7, 11) is 1.78. The van der Waals surface area contributed by atoms with Crippen LogP contribution in [0, 0.1) is 13.8 Å². The SMILES string of the molecule is Cc1ccc(NC(C)(C(=O)N(C)Cc2cc(C)on2)c2ccccc2)cc1. The smallest absolute Gasteiger partial charge is 0.252 e. The van der Waals surface area contributed by atoms with Gasteiger partial charge in [0.25, 0.3) is 5.91 Å². The van der Waals surface area contributed by atoms with E-state index >= 15 is 0 Å². The number of amides is 1. The number of carbonyl (C=O) groups excluding carboxylic acids is 1. The van der Waals surface area contributed by atoms with Crippen LogP contribution in [0.4, 0.5) is 5.69 Å². The van der Waals surface area contributed by atoms with Crippen LogP contribution >= 0.6 is 0 Å². The van der Waals surface area contributed by atoms with E-state index in [-0.39, 0.29) is 5.91 Å². The molecule has 0 aliphatic carbocycles. The van der Waals surface area contributed by atoms with Gasteiger partial charge in [0.15, 0.2) is 0 Å². The zero-order valence-corrected chi connectivity index (χ0v) is 16.2. The van der Waals surface area contributed by atoms with Crippen LogP contribution in [0.15, 0.2) is 65.2 Å². The lowest BCUT2D eigenvalue weighted by atomic mass is 9.89. The molecule has 27 heavy (non-hydrogen) atoms. The molecule has 140 valence electrons. The number of aromatic nitrogens is 1. The minimum Gasteiger partial charge on any atom is -0.368 e. The van der Waals surface area contributed by atoms with Crippen molar-refractivity contribution in [2.45, 2.75) is 32.9 Å². The Hall–Kier alpha value is -3.08. The molecule has 0 saturated carbocycles. The highest BCUT2D eigenvalue weighted by molar-refractivity contribution is 5.90. The molecule has 5 heteroatoms. The van der Waals surface area contributed by atoms with Crippen LogP contribution in [-0.4, -0.2) is 23.0 Å². The van der Waals surface area contributed by atoms with Crippen LogP contribution in [-0.2, 0) is 16.9 Å². The third-order valence-electron chi connectivity index (χ3n) is 4.65. The molecule has 1 aromatic heterocycles. The van der Waals surface area contributed by atoms with Crippen molar-refractivity contribution < 1.29 is 9.32 Å². The van der Waals surface area contributed by atoms with Gasteiger partial charge in [-0.1, -0.05) is 53.2 Å². The zero-order chi connectivity index (χ0) is 19.4. The lowest BCUT2D eigenvalue weighted by Crippen LogP contribution is -2.48. The van der Waals surface area contributed by atoms with E-state index in [1.807, 2.05) is 81.4 Å². The normalized spacial score (nSPS) is 13.0. The molecule has 0 bridgehead atoms. The Balaban J connectivity index is 1.90. The van der Waals surface area contributed by atoms with E-state index in [0.29, 0.717) is 6.54 Å². The molecule has 1 unspecified atom stereocenters. The fraction of sp³-hybridized carbons (Fsp3) is 0.273. The predicted octanol–water partition coefficient (Wildman–Crippen LogP) is 4.28. The van der Waals surface area contributed by atoms with Gasteiger partial charge in [-0.05, 0) is 38.5 Å². The van der Waals surface area contributed by atoms with Gasteiger partial charge in [-0.25, -0.2) is 0 Å². The summed E-state index contributed by atoms with van der Waals surface area (Å²) in [5.74, 6) is 0.685. The monoisotopic (exact) mass is 363 g/mol. The average molecular weight is 363 g/mol. The molecule has 1 amide bonds. The fourth-order valence-corrected chi connectivity index (χ4v) is 3.14. The number of hydrogen-bond donors (Lipinski definition) is 1. The molecule has 3 rings (SSSR count). The summed E-state index contributed by atoms with van der Waals surface area (Å²) in [6, 6.07) is 19.6. The van der Waals surface area contributed by atoms with Gasteiger partial charge in [0.05, 0.1) is 6.54 Å². The van der Waals surface area contributed by atoms with Crippen molar-refractivity contribution in [2.75, 3.05) is 12.4 Å². The summed E-state index contributed by atoms with van der Waals surface area (Å²) in [6.07, 6.45) is 0. The number of rotatable bonds is 6. The van der Waals surface area contributed by atoms with Crippen molar-refractivity contribution in [3.05, 3.63) is 83.2 Å². The van der Waals surface area contributed by atoms with E-state index in [9.17, 15) is 4.79 Å².